The largest absolute Gasteiger partial charge is 0.467 e. The minimum atomic E-state index is -1.00. The molecule has 5 rings (SSSR count). The normalized spacial score (nSPS) is 12.5. The molecule has 200 valence electrons. The van der Waals surface area contributed by atoms with E-state index >= 15 is 0 Å². The number of hydrogen-bond donors (Lipinski definition) is 2. The summed E-state index contributed by atoms with van der Waals surface area (Å²) < 4.78 is 21.4. The molecule has 2 aromatic heterocycles. The van der Waals surface area contributed by atoms with Crippen molar-refractivity contribution in [3.63, 3.8) is 0 Å². The van der Waals surface area contributed by atoms with Crippen LogP contribution in [-0.2, 0) is 22.7 Å². The number of amides is 3. The van der Waals surface area contributed by atoms with Crippen LogP contribution in [0.25, 0.3) is 0 Å². The second-order valence-corrected chi connectivity index (χ2v) is 8.98. The first-order valence-electron chi connectivity index (χ1n) is 12.3. The molecule has 2 N–H and O–H groups in total. The highest BCUT2D eigenvalue weighted by Crippen LogP contribution is 2.34. The molecule has 10 heteroatoms. The summed E-state index contributed by atoms with van der Waals surface area (Å²) in [6.07, 6.45) is 2.90. The summed E-state index contributed by atoms with van der Waals surface area (Å²) in [5, 5.41) is 5.46. The molecule has 4 aromatic rings. The Bertz CT molecular complexity index is 1430. The van der Waals surface area contributed by atoms with Crippen LogP contribution in [0, 0.1) is 6.92 Å². The van der Waals surface area contributed by atoms with Gasteiger partial charge in [-0.2, -0.15) is 0 Å². The van der Waals surface area contributed by atoms with Crippen molar-refractivity contribution >= 4 is 17.7 Å². The molecule has 0 aliphatic carbocycles. The minimum absolute atomic E-state index is 0.0683. The highest BCUT2D eigenvalue weighted by molar-refractivity contribution is 5.95. The summed E-state index contributed by atoms with van der Waals surface area (Å²) in [5.41, 5.74) is 2.35. The number of benzene rings is 2. The number of carbonyl (C=O) groups is 3. The molecule has 0 bridgehead atoms. The summed E-state index contributed by atoms with van der Waals surface area (Å²) >= 11 is 0. The summed E-state index contributed by atoms with van der Waals surface area (Å²) in [4.78, 5) is 41.3. The lowest BCUT2D eigenvalue weighted by Crippen LogP contribution is -2.46. The third kappa shape index (κ3) is 6.12. The van der Waals surface area contributed by atoms with Crippen LogP contribution in [0.2, 0.25) is 0 Å². The van der Waals surface area contributed by atoms with Crippen LogP contribution in [0.3, 0.4) is 0 Å². The third-order valence-corrected chi connectivity index (χ3v) is 6.23. The average molecular weight is 530 g/mol. The van der Waals surface area contributed by atoms with Gasteiger partial charge in [-0.15, -0.1) is 0 Å². The van der Waals surface area contributed by atoms with E-state index in [1.54, 1.807) is 30.3 Å². The Balaban J connectivity index is 1.45. The fourth-order valence-electron chi connectivity index (χ4n) is 4.22. The second-order valence-electron chi connectivity index (χ2n) is 8.98. The van der Waals surface area contributed by atoms with Gasteiger partial charge < -0.3 is 33.8 Å². The van der Waals surface area contributed by atoms with Crippen molar-refractivity contribution in [2.24, 2.45) is 0 Å². The first kappa shape index (κ1) is 25.7. The average Bonchev–Trinajstić information content (AvgIpc) is 3.74. The zero-order valence-electron chi connectivity index (χ0n) is 21.2. The van der Waals surface area contributed by atoms with Crippen molar-refractivity contribution in [3.05, 3.63) is 107 Å². The maximum Gasteiger partial charge on any atom is 0.287 e. The SMILES string of the molecule is Cc1ccc(C(C(=O)NCc2ccco2)N(Cc2ccc3c(c2)OCO3)C(=O)CNC(=O)c2ccco2)cc1. The standard InChI is InChI=1S/C29H27N3O7/c1-19-6-9-21(10-7-19)27(29(35)30-15-22-4-2-12-36-22)32(17-20-8-11-23-25(14-20)39-18-38-23)26(33)16-31-28(34)24-5-3-13-37-24/h2-14,27H,15-18H2,1H3,(H,30,35)(H,31,34). The number of carbonyl (C=O) groups excluding carboxylic acids is 3. The van der Waals surface area contributed by atoms with Crippen molar-refractivity contribution in [1.82, 2.24) is 15.5 Å². The van der Waals surface area contributed by atoms with Gasteiger partial charge in [-0.3, -0.25) is 14.4 Å². The number of rotatable bonds is 10. The van der Waals surface area contributed by atoms with Gasteiger partial charge in [0, 0.05) is 6.54 Å². The maximum absolute atomic E-state index is 13.7. The van der Waals surface area contributed by atoms with Crippen molar-refractivity contribution < 1.29 is 32.7 Å². The minimum Gasteiger partial charge on any atom is -0.467 e. The fraction of sp³-hybridized carbons (Fsp3) is 0.207. The molecule has 2 aromatic carbocycles. The molecule has 1 unspecified atom stereocenters. The van der Waals surface area contributed by atoms with Gasteiger partial charge in [0.15, 0.2) is 17.3 Å². The van der Waals surface area contributed by atoms with E-state index in [1.165, 1.54) is 23.5 Å². The fourth-order valence-corrected chi connectivity index (χ4v) is 4.22. The Morgan fingerprint density at radius 3 is 2.41 bits per heavy atom. The Kier molecular flexibility index (Phi) is 7.63. The van der Waals surface area contributed by atoms with E-state index in [-0.39, 0.29) is 32.2 Å². The summed E-state index contributed by atoms with van der Waals surface area (Å²) in [6, 6.07) is 18.3. The number of hydrogen-bond acceptors (Lipinski definition) is 7. The summed E-state index contributed by atoms with van der Waals surface area (Å²) in [6.45, 7) is 1.92. The number of furan rings is 2. The lowest BCUT2D eigenvalue weighted by molar-refractivity contribution is -0.141. The highest BCUT2D eigenvalue weighted by atomic mass is 16.7. The van der Waals surface area contributed by atoms with Gasteiger partial charge >= 0.3 is 0 Å². The van der Waals surface area contributed by atoms with E-state index in [0.717, 1.165) is 11.1 Å². The van der Waals surface area contributed by atoms with Crippen LogP contribution in [-0.4, -0.2) is 36.0 Å². The number of ether oxygens (including phenoxy) is 2. The Morgan fingerprint density at radius 1 is 0.897 bits per heavy atom. The van der Waals surface area contributed by atoms with Gasteiger partial charge in [0.05, 0.1) is 25.6 Å². The van der Waals surface area contributed by atoms with Gasteiger partial charge in [0.2, 0.25) is 18.6 Å². The molecule has 0 fully saturated rings. The van der Waals surface area contributed by atoms with E-state index in [2.05, 4.69) is 10.6 Å². The van der Waals surface area contributed by atoms with E-state index in [4.69, 9.17) is 18.3 Å². The molecule has 1 atom stereocenters. The summed E-state index contributed by atoms with van der Waals surface area (Å²) in [7, 11) is 0. The molecule has 0 saturated heterocycles. The molecular weight excluding hydrogens is 502 g/mol. The first-order valence-corrected chi connectivity index (χ1v) is 12.3. The molecule has 1 aliphatic heterocycles. The Hall–Kier alpha value is -4.99. The maximum atomic E-state index is 13.7. The third-order valence-electron chi connectivity index (χ3n) is 6.23. The van der Waals surface area contributed by atoms with Gasteiger partial charge in [-0.25, -0.2) is 0 Å². The van der Waals surface area contributed by atoms with Gasteiger partial charge in [0.1, 0.15) is 11.8 Å². The van der Waals surface area contributed by atoms with Crippen LogP contribution in [0.4, 0.5) is 0 Å². The molecule has 3 amide bonds. The molecule has 39 heavy (non-hydrogen) atoms. The molecule has 1 aliphatic rings. The van der Waals surface area contributed by atoms with Gasteiger partial charge in [0.25, 0.3) is 5.91 Å². The zero-order chi connectivity index (χ0) is 27.2. The van der Waals surface area contributed by atoms with Crippen molar-refractivity contribution in [3.8, 4) is 11.5 Å². The van der Waals surface area contributed by atoms with E-state index < -0.39 is 23.8 Å². The van der Waals surface area contributed by atoms with Gasteiger partial charge in [-0.05, 0) is 54.4 Å². The number of fused-ring (bicyclic) bond motifs is 1. The Morgan fingerprint density at radius 2 is 1.67 bits per heavy atom. The van der Waals surface area contributed by atoms with E-state index in [0.29, 0.717) is 22.8 Å². The molecule has 3 heterocycles. The van der Waals surface area contributed by atoms with Crippen LogP contribution in [0.15, 0.2) is 88.1 Å². The van der Waals surface area contributed by atoms with Crippen LogP contribution in [0.5, 0.6) is 11.5 Å². The number of aryl methyl sites for hydroxylation is 1. The zero-order valence-corrected chi connectivity index (χ0v) is 21.2. The van der Waals surface area contributed by atoms with Gasteiger partial charge in [-0.1, -0.05) is 35.9 Å². The van der Waals surface area contributed by atoms with Crippen LogP contribution in [0.1, 0.15) is 39.0 Å². The quantitative estimate of drug-likeness (QED) is 0.321. The molecule has 10 nitrogen and oxygen atoms in total. The second kappa shape index (κ2) is 11.6. The molecule has 0 saturated carbocycles. The molecular formula is C29H27N3O7. The van der Waals surface area contributed by atoms with Crippen molar-refractivity contribution in [2.75, 3.05) is 13.3 Å². The lowest BCUT2D eigenvalue weighted by atomic mass is 10.0. The molecule has 0 spiro atoms. The number of nitrogens with one attached hydrogen (secondary N) is 2. The van der Waals surface area contributed by atoms with Crippen molar-refractivity contribution in [1.29, 1.82) is 0 Å². The molecule has 0 radical (unpaired) electrons. The predicted molar refractivity (Wildman–Crippen MR) is 139 cm³/mol. The van der Waals surface area contributed by atoms with Crippen LogP contribution < -0.4 is 20.1 Å². The predicted octanol–water partition coefficient (Wildman–Crippen LogP) is 3.73. The topological polar surface area (TPSA) is 123 Å². The van der Waals surface area contributed by atoms with Crippen LogP contribution >= 0.6 is 0 Å². The van der Waals surface area contributed by atoms with Crippen molar-refractivity contribution in [2.45, 2.75) is 26.1 Å². The van der Waals surface area contributed by atoms with E-state index in [1.807, 2.05) is 37.3 Å². The monoisotopic (exact) mass is 529 g/mol. The Labute approximate surface area is 224 Å². The summed E-state index contributed by atoms with van der Waals surface area (Å²) in [5.74, 6) is 0.411. The first-order chi connectivity index (χ1) is 19.0. The lowest BCUT2D eigenvalue weighted by Gasteiger charge is -2.32. The number of nitrogens with zero attached hydrogens (tertiary/aromatic N) is 1. The van der Waals surface area contributed by atoms with E-state index in [9.17, 15) is 14.4 Å². The highest BCUT2D eigenvalue weighted by Gasteiger charge is 2.32. The smallest absolute Gasteiger partial charge is 0.287 e.